The second-order valence-corrected chi connectivity index (χ2v) is 24.1. The highest BCUT2D eigenvalue weighted by Crippen LogP contribution is 2.31. The van der Waals surface area contributed by atoms with Gasteiger partial charge in [0, 0.05) is 48.5 Å². The first-order valence-electron chi connectivity index (χ1n) is 31.5. The number of hydrogen-bond acceptors (Lipinski definition) is 21. The van der Waals surface area contributed by atoms with Crippen molar-refractivity contribution in [3.05, 3.63) is 178 Å². The third-order valence-corrected chi connectivity index (χ3v) is 13.4. The van der Waals surface area contributed by atoms with E-state index in [-0.39, 0.29) is 101 Å². The molecule has 0 saturated heterocycles. The molecule has 0 aliphatic heterocycles. The first-order valence-corrected chi connectivity index (χ1v) is 31.5. The van der Waals surface area contributed by atoms with Crippen LogP contribution in [-0.2, 0) is 45.5 Å². The van der Waals surface area contributed by atoms with Crippen molar-refractivity contribution in [1.82, 2.24) is 60.6 Å². The van der Waals surface area contributed by atoms with Crippen molar-refractivity contribution in [2.45, 2.75) is 173 Å². The lowest BCUT2D eigenvalue weighted by atomic mass is 10.0. The molecule has 0 fully saturated rings. The maximum absolute atomic E-state index is 13.3. The molecule has 0 radical (unpaired) electrons. The monoisotopic (exact) mass is 1590 g/mol. The molecule has 9 aromatic rings. The number of aryl methyl sites for hydroxylation is 2. The summed E-state index contributed by atoms with van der Waals surface area (Å²) in [5.74, 6) is -4.50. The fraction of sp³-hybridized carbons (Fsp3) is 0.408. The van der Waals surface area contributed by atoms with E-state index in [0.717, 1.165) is 11.7 Å². The van der Waals surface area contributed by atoms with Crippen LogP contribution in [0.3, 0.4) is 0 Å². The highest BCUT2D eigenvalue weighted by Gasteiger charge is 2.37. The number of alkyl carbamates (subject to hydrolysis) is 1. The van der Waals surface area contributed by atoms with Gasteiger partial charge in [0.1, 0.15) is 57.9 Å². The summed E-state index contributed by atoms with van der Waals surface area (Å²) in [4.78, 5) is 68.9. The number of halogens is 11. The Hall–Kier alpha value is -11.3. The lowest BCUT2D eigenvalue weighted by Crippen LogP contribution is -2.34. The van der Waals surface area contributed by atoms with Crippen LogP contribution in [0.15, 0.2) is 128 Å². The molecule has 0 aliphatic rings. The topological polar surface area (TPSA) is 405 Å². The number of hydrogen-bond donors (Lipinski definition) is 7. The Bertz CT molecular complexity index is 4360. The molecule has 9 N–H and O–H groups in total. The summed E-state index contributed by atoms with van der Waals surface area (Å²) in [7, 11) is 2.37. The van der Waals surface area contributed by atoms with Crippen LogP contribution >= 0.6 is 12.4 Å². The largest absolute Gasteiger partial charge is 0.481 e. The van der Waals surface area contributed by atoms with E-state index < -0.39 is 100 Å². The van der Waals surface area contributed by atoms with Crippen LogP contribution in [0.1, 0.15) is 205 Å². The third kappa shape index (κ3) is 33.0. The molecule has 39 heteroatoms. The molecule has 9 rings (SSSR count). The fourth-order valence-corrected chi connectivity index (χ4v) is 8.23. The number of aliphatic carboxylic acids is 1. The number of aromatic nitrogens is 10. The SMILES string of the molecule is C.C.C.C.CC[C@H](CC(=O)OC(C)(C)C)C(=O)O.CC[C@H](N)c1nc(-c2cccc(F)c2)no1.CC[C@H](NC(=O)OC(C)(C)C)c1nc(-c2cccc(F)c2)no1.CC[C@H](NC(=O)c1cc(C(F)(F)F)nn1C)c1nc(-c2cccc(F)c2)no1.Cl.Cn1nc(C(F)(F)F)cc1C(=O)O.NC(=NO)c1cccc(F)c1. The number of carboxylic acid groups (broad SMARTS) is 2. The van der Waals surface area contributed by atoms with Gasteiger partial charge >= 0.3 is 36.4 Å². The summed E-state index contributed by atoms with van der Waals surface area (Å²) < 4.78 is 153. The molecule has 0 spiro atoms. The van der Waals surface area contributed by atoms with Crippen LogP contribution in [0.5, 0.6) is 0 Å². The van der Waals surface area contributed by atoms with E-state index in [2.05, 4.69) is 56.4 Å². The van der Waals surface area contributed by atoms with Crippen LogP contribution in [0.4, 0.5) is 48.7 Å². The van der Waals surface area contributed by atoms with Crippen LogP contribution in [0.2, 0.25) is 0 Å². The number of amidine groups is 1. The van der Waals surface area contributed by atoms with E-state index in [0.29, 0.717) is 76.5 Å². The van der Waals surface area contributed by atoms with Crippen LogP contribution in [-0.4, -0.2) is 112 Å². The number of nitrogens with one attached hydrogen (secondary N) is 2. The molecule has 5 aromatic heterocycles. The Kier molecular flexibility index (Phi) is 41.7. The molecule has 28 nitrogen and oxygen atoms in total. The van der Waals surface area contributed by atoms with Gasteiger partial charge in [-0.25, -0.2) is 27.2 Å². The number of alkyl halides is 6. The first kappa shape index (κ1) is 101. The van der Waals surface area contributed by atoms with Gasteiger partial charge in [-0.2, -0.15) is 51.5 Å². The number of aromatic carboxylic acids is 1. The maximum atomic E-state index is 13.3. The molecular formula is C71H94ClF10N15O13. The molecule has 5 heterocycles. The zero-order valence-corrected chi connectivity index (χ0v) is 59.7. The average Bonchev–Trinajstić information content (AvgIpc) is 1.68. The highest BCUT2D eigenvalue weighted by molar-refractivity contribution is 5.97. The van der Waals surface area contributed by atoms with Gasteiger partial charge in [-0.15, -0.1) is 12.4 Å². The molecule has 2 amide bonds. The van der Waals surface area contributed by atoms with Crippen molar-refractivity contribution in [1.29, 1.82) is 0 Å². The number of esters is 1. The summed E-state index contributed by atoms with van der Waals surface area (Å²) in [6.45, 7) is 17.9. The van der Waals surface area contributed by atoms with E-state index in [9.17, 15) is 67.9 Å². The number of amides is 2. The zero-order chi connectivity index (χ0) is 78.9. The van der Waals surface area contributed by atoms with Gasteiger partial charge in [-0.05, 0) is 116 Å². The van der Waals surface area contributed by atoms with E-state index in [1.165, 1.54) is 67.7 Å². The molecule has 0 aliphatic carbocycles. The average molecular weight is 1590 g/mol. The lowest BCUT2D eigenvalue weighted by Gasteiger charge is -2.21. The number of rotatable bonds is 18. The number of nitrogens with zero attached hydrogens (tertiary/aromatic N) is 11. The molecule has 4 atom stereocenters. The Labute approximate surface area is 634 Å². The fourth-order valence-electron chi connectivity index (χ4n) is 8.23. The number of carbonyl (C=O) groups is 5. The van der Waals surface area contributed by atoms with Gasteiger partial charge < -0.3 is 60.6 Å². The van der Waals surface area contributed by atoms with E-state index in [1.807, 2.05) is 13.8 Å². The number of oxime groups is 1. The Morgan fingerprint density at radius 1 is 0.545 bits per heavy atom. The minimum absolute atomic E-state index is 0. The van der Waals surface area contributed by atoms with Crippen LogP contribution < -0.4 is 22.1 Å². The smallest absolute Gasteiger partial charge is 0.435 e. The second kappa shape index (κ2) is 45.5. The standard InChI is InChI=1S/C17H15F4N5O2.C16H20FN3O3.C11H12FN3O.C10H18O4.C7H7FN2O.C6H5F3N2O2.4CH4.ClH/c1-3-11(16-23-14(25-28-16)9-5-4-6-10(18)7-9)22-15(27)12-8-13(17(19,20)21)24-26(12)2;1-5-12(18-15(21)22-16(2,3)4)14-19-13(20-23-14)10-7-6-8-11(17)9-10;1-2-9(13)11-14-10(15-16-11)7-4-3-5-8(12)6-7;1-5-7(9(12)13)6-8(11)14-10(2,3)4;8-6-3-1-2-5(4-6)7(9)10-11;1-11-3(5(12)13)2-4(10-11)6(7,8)9;;;;;/h4-8,11H,3H2,1-2H3,(H,22,27);6-9,12H,5H2,1-4H3,(H,18,21);3-6,9H,2,13H2,1H3;7H,5-6H2,1-4H3,(H,12,13);1-4,11H,(H2,9,10);2H,1H3,(H,12,13);4*1H4;1H/t11-;12-;9-;7-;;;;;;;/m0001......./s1. The number of carbonyl (C=O) groups excluding carboxylic acids is 3. The van der Waals surface area contributed by atoms with Crippen LogP contribution in [0, 0.1) is 29.2 Å². The van der Waals surface area contributed by atoms with Crippen molar-refractivity contribution in [3.63, 3.8) is 0 Å². The normalized spacial score (nSPS) is 12.0. The van der Waals surface area contributed by atoms with Gasteiger partial charge in [0.2, 0.25) is 35.1 Å². The van der Waals surface area contributed by atoms with Crippen molar-refractivity contribution >= 4 is 48.2 Å². The van der Waals surface area contributed by atoms with Gasteiger partial charge in [0.25, 0.3) is 5.91 Å². The minimum atomic E-state index is -4.66. The summed E-state index contributed by atoms with van der Waals surface area (Å²) in [5.41, 5.74) is 8.51. The van der Waals surface area contributed by atoms with Gasteiger partial charge in [0.05, 0.1) is 18.4 Å². The number of ether oxygens (including phenoxy) is 2. The Balaban J connectivity index is 0. The number of benzene rings is 4. The third-order valence-electron chi connectivity index (χ3n) is 13.4. The second-order valence-electron chi connectivity index (χ2n) is 24.1. The van der Waals surface area contributed by atoms with Gasteiger partial charge in [0.15, 0.2) is 17.2 Å². The predicted molar refractivity (Wildman–Crippen MR) is 388 cm³/mol. The van der Waals surface area contributed by atoms with E-state index in [1.54, 1.807) is 91.8 Å². The molecule has 0 bridgehead atoms. The van der Waals surface area contributed by atoms with Crippen LogP contribution in [0.25, 0.3) is 34.2 Å². The molecule has 0 saturated carbocycles. The Morgan fingerprint density at radius 3 is 1.25 bits per heavy atom. The van der Waals surface area contributed by atoms with Gasteiger partial charge in [-0.1, -0.05) is 127 Å². The molecular weight excluding hydrogens is 1500 g/mol. The quantitative estimate of drug-likeness (QED) is 0.0105. The molecule has 110 heavy (non-hydrogen) atoms. The van der Waals surface area contributed by atoms with Crippen molar-refractivity contribution in [2.24, 2.45) is 36.6 Å². The summed E-state index contributed by atoms with van der Waals surface area (Å²) >= 11 is 0. The minimum Gasteiger partial charge on any atom is -0.481 e. The highest BCUT2D eigenvalue weighted by atomic mass is 35.5. The maximum Gasteiger partial charge on any atom is 0.435 e. The van der Waals surface area contributed by atoms with Crippen molar-refractivity contribution in [2.75, 3.05) is 0 Å². The van der Waals surface area contributed by atoms with Crippen molar-refractivity contribution < 1.29 is 106 Å². The summed E-state index contributed by atoms with van der Waals surface area (Å²) in [5, 5.41) is 51.0. The number of nitrogens with two attached hydrogens (primary N) is 2. The lowest BCUT2D eigenvalue weighted by molar-refractivity contribution is -0.159. The summed E-state index contributed by atoms with van der Waals surface area (Å²) in [6, 6.07) is 22.7. The Morgan fingerprint density at radius 2 is 0.918 bits per heavy atom. The molecule has 4 aromatic carbocycles. The number of carboxylic acids is 2. The first-order chi connectivity index (χ1) is 49.0. The predicted octanol–water partition coefficient (Wildman–Crippen LogP) is 16.5. The van der Waals surface area contributed by atoms with Gasteiger partial charge in [-0.3, -0.25) is 23.7 Å². The molecule has 0 unspecified atom stereocenters. The molecule has 608 valence electrons. The van der Waals surface area contributed by atoms with Crippen molar-refractivity contribution in [3.8, 4) is 34.2 Å². The summed E-state index contributed by atoms with van der Waals surface area (Å²) in [6.07, 6.45) is -7.85. The van der Waals surface area contributed by atoms with E-state index >= 15 is 0 Å². The van der Waals surface area contributed by atoms with E-state index in [4.69, 9.17) is 49.9 Å². The zero-order valence-electron chi connectivity index (χ0n) is 58.9.